The fraction of sp³-hybridized carbons (Fsp3) is 0.444. The van der Waals surface area contributed by atoms with Crippen molar-refractivity contribution < 1.29 is 9.90 Å². The van der Waals surface area contributed by atoms with E-state index in [2.05, 4.69) is 10.2 Å². The van der Waals surface area contributed by atoms with E-state index in [0.29, 0.717) is 5.69 Å². The minimum atomic E-state index is -1.24. The highest BCUT2D eigenvalue weighted by atomic mass is 16.4. The number of carbonyl (C=O) groups is 1. The van der Waals surface area contributed by atoms with Crippen LogP contribution in [0.4, 0.5) is 0 Å². The summed E-state index contributed by atoms with van der Waals surface area (Å²) < 4.78 is 0. The summed E-state index contributed by atoms with van der Waals surface area (Å²) in [6, 6.07) is 1.31. The molecule has 0 aliphatic carbocycles. The van der Waals surface area contributed by atoms with Crippen molar-refractivity contribution in [2.24, 2.45) is 0 Å². The van der Waals surface area contributed by atoms with Gasteiger partial charge in [0.05, 0.1) is 5.69 Å². The van der Waals surface area contributed by atoms with Crippen LogP contribution in [0.1, 0.15) is 36.8 Å². The second-order valence-electron chi connectivity index (χ2n) is 4.05. The van der Waals surface area contributed by atoms with Crippen molar-refractivity contribution in [2.45, 2.75) is 26.2 Å². The summed E-state index contributed by atoms with van der Waals surface area (Å²) in [4.78, 5) is 21.7. The van der Waals surface area contributed by atoms with Gasteiger partial charge in [-0.15, -0.1) is 0 Å². The predicted octanol–water partition coefficient (Wildman–Crippen LogP) is 0.766. The third kappa shape index (κ3) is 1.99. The lowest BCUT2D eigenvalue weighted by atomic mass is 9.91. The highest BCUT2D eigenvalue weighted by Gasteiger charge is 2.19. The van der Waals surface area contributed by atoms with Gasteiger partial charge in [-0.1, -0.05) is 20.8 Å². The molecule has 0 radical (unpaired) electrons. The first kappa shape index (κ1) is 10.4. The first-order valence-corrected chi connectivity index (χ1v) is 4.16. The van der Waals surface area contributed by atoms with E-state index < -0.39 is 11.5 Å². The smallest absolute Gasteiger partial charge is 0.341 e. The van der Waals surface area contributed by atoms with Crippen molar-refractivity contribution in [3.8, 4) is 0 Å². The van der Waals surface area contributed by atoms with Crippen LogP contribution in [0.15, 0.2) is 10.9 Å². The lowest BCUT2D eigenvalue weighted by molar-refractivity contribution is 0.0694. The number of nitrogens with zero attached hydrogens (tertiary/aromatic N) is 1. The van der Waals surface area contributed by atoms with Crippen LogP contribution in [-0.2, 0) is 5.41 Å². The number of H-pyrrole nitrogens is 1. The molecule has 0 aromatic carbocycles. The maximum absolute atomic E-state index is 11.0. The second kappa shape index (κ2) is 3.25. The highest BCUT2D eigenvalue weighted by molar-refractivity contribution is 5.87. The first-order chi connectivity index (χ1) is 6.32. The van der Waals surface area contributed by atoms with Crippen LogP contribution in [0.3, 0.4) is 0 Å². The Hall–Kier alpha value is -1.65. The molecule has 2 N–H and O–H groups in total. The molecule has 76 valence electrons. The number of rotatable bonds is 1. The van der Waals surface area contributed by atoms with Gasteiger partial charge in [-0.3, -0.25) is 4.79 Å². The molecular weight excluding hydrogens is 184 g/mol. The molecule has 0 amide bonds. The fourth-order valence-corrected chi connectivity index (χ4v) is 0.949. The average molecular weight is 196 g/mol. The maximum atomic E-state index is 11.0. The van der Waals surface area contributed by atoms with Crippen molar-refractivity contribution in [1.29, 1.82) is 0 Å². The van der Waals surface area contributed by atoms with Crippen LogP contribution in [-0.4, -0.2) is 21.3 Å². The summed E-state index contributed by atoms with van der Waals surface area (Å²) >= 11 is 0. The Morgan fingerprint density at radius 1 is 1.50 bits per heavy atom. The van der Waals surface area contributed by atoms with Crippen molar-refractivity contribution in [1.82, 2.24) is 10.2 Å². The SMILES string of the molecule is CC(C)(C)c1cc(C(=O)O)c(=O)[nH]n1. The predicted molar refractivity (Wildman–Crippen MR) is 50.5 cm³/mol. The van der Waals surface area contributed by atoms with E-state index in [9.17, 15) is 9.59 Å². The third-order valence-electron chi connectivity index (χ3n) is 1.80. The molecule has 0 bridgehead atoms. The number of carboxylic acids is 1. The van der Waals surface area contributed by atoms with Gasteiger partial charge in [-0.05, 0) is 6.07 Å². The Morgan fingerprint density at radius 3 is 2.50 bits per heavy atom. The Bertz CT molecular complexity index is 415. The molecule has 14 heavy (non-hydrogen) atoms. The van der Waals surface area contributed by atoms with Gasteiger partial charge < -0.3 is 5.11 Å². The van der Waals surface area contributed by atoms with E-state index >= 15 is 0 Å². The summed E-state index contributed by atoms with van der Waals surface area (Å²) in [6.07, 6.45) is 0. The number of hydrogen-bond acceptors (Lipinski definition) is 3. The van der Waals surface area contributed by atoms with Gasteiger partial charge in [0.2, 0.25) is 0 Å². The molecule has 5 heteroatoms. The Labute approximate surface area is 80.8 Å². The van der Waals surface area contributed by atoms with Gasteiger partial charge in [0.15, 0.2) is 0 Å². The summed E-state index contributed by atoms with van der Waals surface area (Å²) in [5.41, 5.74) is -0.682. The molecule has 1 aromatic heterocycles. The molecule has 0 fully saturated rings. The fourth-order valence-electron chi connectivity index (χ4n) is 0.949. The van der Waals surface area contributed by atoms with Crippen molar-refractivity contribution >= 4 is 5.97 Å². The van der Waals surface area contributed by atoms with Crippen LogP contribution < -0.4 is 5.56 Å². The quantitative estimate of drug-likeness (QED) is 0.694. The first-order valence-electron chi connectivity index (χ1n) is 4.16. The average Bonchev–Trinajstić information content (AvgIpc) is 2.02. The van der Waals surface area contributed by atoms with E-state index in [0.717, 1.165) is 0 Å². The Balaban J connectivity index is 3.34. The molecule has 0 saturated heterocycles. The number of aromatic carboxylic acids is 1. The van der Waals surface area contributed by atoms with Crippen LogP contribution in [0.25, 0.3) is 0 Å². The molecule has 1 heterocycles. The molecule has 0 spiro atoms. The van der Waals surface area contributed by atoms with Gasteiger partial charge in [0.25, 0.3) is 5.56 Å². The van der Waals surface area contributed by atoms with Crippen molar-refractivity contribution in [3.63, 3.8) is 0 Å². The number of hydrogen-bond donors (Lipinski definition) is 2. The second-order valence-corrected chi connectivity index (χ2v) is 4.05. The molecule has 5 nitrogen and oxygen atoms in total. The van der Waals surface area contributed by atoms with E-state index in [1.165, 1.54) is 6.07 Å². The molecule has 0 saturated carbocycles. The summed E-state index contributed by atoms with van der Waals surface area (Å²) in [7, 11) is 0. The van der Waals surface area contributed by atoms with E-state index in [-0.39, 0.29) is 11.0 Å². The van der Waals surface area contributed by atoms with Gasteiger partial charge in [-0.2, -0.15) is 5.10 Å². The summed E-state index contributed by atoms with van der Waals surface area (Å²) in [5.74, 6) is -1.24. The van der Waals surface area contributed by atoms with E-state index in [4.69, 9.17) is 5.11 Å². The topological polar surface area (TPSA) is 83.0 Å². The molecule has 1 rings (SSSR count). The lowest BCUT2D eigenvalue weighted by Crippen LogP contribution is -2.24. The minimum Gasteiger partial charge on any atom is -0.477 e. The largest absolute Gasteiger partial charge is 0.477 e. The summed E-state index contributed by atoms with van der Waals surface area (Å²) in [5, 5.41) is 14.7. The maximum Gasteiger partial charge on any atom is 0.341 e. The zero-order valence-corrected chi connectivity index (χ0v) is 8.29. The van der Waals surface area contributed by atoms with Crippen LogP contribution >= 0.6 is 0 Å². The van der Waals surface area contributed by atoms with Crippen LogP contribution in [0, 0.1) is 0 Å². The molecule has 0 unspecified atom stereocenters. The van der Waals surface area contributed by atoms with E-state index in [1.807, 2.05) is 20.8 Å². The number of nitrogens with one attached hydrogen (secondary N) is 1. The van der Waals surface area contributed by atoms with Gasteiger partial charge in [0.1, 0.15) is 5.56 Å². The molecule has 1 aromatic rings. The Morgan fingerprint density at radius 2 is 2.07 bits per heavy atom. The zero-order valence-electron chi connectivity index (χ0n) is 8.29. The molecule has 0 aliphatic heterocycles. The van der Waals surface area contributed by atoms with Gasteiger partial charge in [-0.25, -0.2) is 9.89 Å². The normalized spacial score (nSPS) is 11.4. The van der Waals surface area contributed by atoms with Crippen LogP contribution in [0.2, 0.25) is 0 Å². The van der Waals surface area contributed by atoms with Gasteiger partial charge >= 0.3 is 5.97 Å². The summed E-state index contributed by atoms with van der Waals surface area (Å²) in [6.45, 7) is 5.66. The minimum absolute atomic E-state index is 0.273. The molecule has 0 aliphatic rings. The number of aromatic nitrogens is 2. The highest BCUT2D eigenvalue weighted by Crippen LogP contribution is 2.18. The Kier molecular flexibility index (Phi) is 2.42. The number of carboxylic acid groups (broad SMARTS) is 1. The third-order valence-corrected chi connectivity index (χ3v) is 1.80. The number of aromatic amines is 1. The van der Waals surface area contributed by atoms with E-state index in [1.54, 1.807) is 0 Å². The monoisotopic (exact) mass is 196 g/mol. The van der Waals surface area contributed by atoms with Crippen molar-refractivity contribution in [2.75, 3.05) is 0 Å². The zero-order chi connectivity index (χ0) is 10.9. The van der Waals surface area contributed by atoms with Crippen LogP contribution in [0.5, 0.6) is 0 Å². The van der Waals surface area contributed by atoms with Gasteiger partial charge in [0, 0.05) is 5.41 Å². The lowest BCUT2D eigenvalue weighted by Gasteiger charge is -2.16. The molecular formula is C9H12N2O3. The van der Waals surface area contributed by atoms with Crippen molar-refractivity contribution in [3.05, 3.63) is 27.7 Å². The standard InChI is InChI=1S/C9H12N2O3/c1-9(2,3)6-4-5(8(13)14)7(12)11-10-6/h4H,1-3H3,(H,11,12)(H,13,14). The molecule has 0 atom stereocenters.